The normalized spacial score (nSPS) is 38.1. The van der Waals surface area contributed by atoms with E-state index in [9.17, 15) is 35.7 Å². The maximum Gasteiger partial charge on any atom is 0.187 e. The van der Waals surface area contributed by atoms with Gasteiger partial charge in [0.05, 0.1) is 13.2 Å². The van der Waals surface area contributed by atoms with Gasteiger partial charge >= 0.3 is 0 Å². The Labute approximate surface area is 207 Å². The van der Waals surface area contributed by atoms with E-state index in [1.807, 2.05) is 0 Å². The van der Waals surface area contributed by atoms with E-state index in [2.05, 4.69) is 6.92 Å². The van der Waals surface area contributed by atoms with E-state index in [1.54, 1.807) is 0 Å². The molecule has 0 aromatic carbocycles. The Bertz CT molecular complexity index is 550. The lowest BCUT2D eigenvalue weighted by molar-refractivity contribution is -0.359. The van der Waals surface area contributed by atoms with Gasteiger partial charge in [-0.05, 0) is 6.42 Å². The highest BCUT2D eigenvalue weighted by Crippen LogP contribution is 2.29. The number of ether oxygens (including phenoxy) is 4. The number of hydrogen-bond donors (Lipinski definition) is 7. The Balaban J connectivity index is 1.74. The molecule has 2 aliphatic rings. The molecule has 0 unspecified atom stereocenters. The van der Waals surface area contributed by atoms with Gasteiger partial charge in [-0.2, -0.15) is 0 Å². The Morgan fingerprint density at radius 3 is 1.66 bits per heavy atom. The quantitative estimate of drug-likeness (QED) is 0.134. The van der Waals surface area contributed by atoms with Gasteiger partial charge in [-0.15, -0.1) is 0 Å². The van der Waals surface area contributed by atoms with Gasteiger partial charge in [0.2, 0.25) is 0 Å². The van der Waals surface area contributed by atoms with Gasteiger partial charge in [0.1, 0.15) is 48.8 Å². The third kappa shape index (κ3) is 9.11. The summed E-state index contributed by atoms with van der Waals surface area (Å²) in [6, 6.07) is 0. The summed E-state index contributed by atoms with van der Waals surface area (Å²) in [5.41, 5.74) is 0. The first-order valence-corrected chi connectivity index (χ1v) is 13.1. The molecule has 7 N–H and O–H groups in total. The van der Waals surface area contributed by atoms with Crippen LogP contribution in [0.2, 0.25) is 0 Å². The fraction of sp³-hybridized carbons (Fsp3) is 1.00. The Hall–Kier alpha value is -0.440. The molecular formula is C24H46O11. The van der Waals surface area contributed by atoms with Crippen molar-refractivity contribution in [3.05, 3.63) is 0 Å². The van der Waals surface area contributed by atoms with Gasteiger partial charge in [0.25, 0.3) is 0 Å². The van der Waals surface area contributed by atoms with Gasteiger partial charge in [0.15, 0.2) is 12.6 Å². The van der Waals surface area contributed by atoms with E-state index < -0.39 is 74.6 Å². The molecule has 0 aromatic rings. The molecule has 0 spiro atoms. The SMILES string of the molecule is CCCCCCCCCCCCO[C@@H]1O[C@H](CO)[C@@H](O[C@H]2O[C@H](CO)[C@@H](O)[C@@H](O)[C@H]2O)[C@@H](O)[C@H]1O. The van der Waals surface area contributed by atoms with E-state index in [0.29, 0.717) is 6.61 Å². The van der Waals surface area contributed by atoms with Crippen LogP contribution in [0.3, 0.4) is 0 Å². The third-order valence-electron chi connectivity index (χ3n) is 6.74. The maximum absolute atomic E-state index is 10.6. The molecule has 11 heteroatoms. The highest BCUT2D eigenvalue weighted by molar-refractivity contribution is 4.94. The maximum atomic E-state index is 10.6. The summed E-state index contributed by atoms with van der Waals surface area (Å²) < 4.78 is 22.0. The van der Waals surface area contributed by atoms with Crippen molar-refractivity contribution in [2.75, 3.05) is 19.8 Å². The Morgan fingerprint density at radius 1 is 0.571 bits per heavy atom. The van der Waals surface area contributed by atoms with Crippen molar-refractivity contribution in [1.82, 2.24) is 0 Å². The third-order valence-corrected chi connectivity index (χ3v) is 6.74. The van der Waals surface area contributed by atoms with E-state index in [1.165, 1.54) is 44.9 Å². The molecule has 0 amide bonds. The number of unbranched alkanes of at least 4 members (excludes halogenated alkanes) is 9. The first-order valence-electron chi connectivity index (χ1n) is 13.1. The number of hydrogen-bond acceptors (Lipinski definition) is 11. The summed E-state index contributed by atoms with van der Waals surface area (Å²) in [5.74, 6) is 0. The second kappa shape index (κ2) is 16.4. The summed E-state index contributed by atoms with van der Waals surface area (Å²) in [6.07, 6.45) is -2.63. The molecule has 0 radical (unpaired) electrons. The minimum Gasteiger partial charge on any atom is -0.394 e. The zero-order chi connectivity index (χ0) is 25.8. The summed E-state index contributed by atoms with van der Waals surface area (Å²) in [7, 11) is 0. The van der Waals surface area contributed by atoms with E-state index in [4.69, 9.17) is 18.9 Å². The summed E-state index contributed by atoms with van der Waals surface area (Å²) in [4.78, 5) is 0. The van der Waals surface area contributed by atoms with Gasteiger partial charge in [-0.1, -0.05) is 64.7 Å². The van der Waals surface area contributed by atoms with Crippen LogP contribution in [-0.4, -0.2) is 117 Å². The van der Waals surface area contributed by atoms with E-state index >= 15 is 0 Å². The second-order valence-electron chi connectivity index (χ2n) is 9.56. The first kappa shape index (κ1) is 30.8. The first-order chi connectivity index (χ1) is 16.8. The molecule has 35 heavy (non-hydrogen) atoms. The lowest BCUT2D eigenvalue weighted by Gasteiger charge is -2.45. The molecule has 0 saturated carbocycles. The predicted molar refractivity (Wildman–Crippen MR) is 124 cm³/mol. The van der Waals surface area contributed by atoms with E-state index in [-0.39, 0.29) is 0 Å². The van der Waals surface area contributed by atoms with Gasteiger partial charge in [-0.25, -0.2) is 0 Å². The van der Waals surface area contributed by atoms with Crippen LogP contribution in [0, 0.1) is 0 Å². The topological polar surface area (TPSA) is 179 Å². The number of aliphatic hydroxyl groups excluding tert-OH is 7. The molecule has 11 nitrogen and oxygen atoms in total. The predicted octanol–water partition coefficient (Wildman–Crippen LogP) is -0.452. The van der Waals surface area contributed by atoms with Crippen LogP contribution >= 0.6 is 0 Å². The lowest BCUT2D eigenvalue weighted by atomic mass is 9.97. The smallest absolute Gasteiger partial charge is 0.187 e. The van der Waals surface area contributed by atoms with Crippen molar-refractivity contribution < 1.29 is 54.7 Å². The molecule has 2 saturated heterocycles. The van der Waals surface area contributed by atoms with Crippen LogP contribution in [-0.2, 0) is 18.9 Å². The number of rotatable bonds is 16. The average Bonchev–Trinajstić information content (AvgIpc) is 2.86. The van der Waals surface area contributed by atoms with Gasteiger partial charge < -0.3 is 54.7 Å². The minimum atomic E-state index is -1.69. The summed E-state index contributed by atoms with van der Waals surface area (Å²) in [5, 5.41) is 70.1. The lowest BCUT2D eigenvalue weighted by Crippen LogP contribution is -2.64. The molecule has 10 atom stereocenters. The zero-order valence-electron chi connectivity index (χ0n) is 20.7. The Morgan fingerprint density at radius 2 is 1.09 bits per heavy atom. The highest BCUT2D eigenvalue weighted by Gasteiger charge is 2.50. The molecule has 2 rings (SSSR count). The monoisotopic (exact) mass is 510 g/mol. The van der Waals surface area contributed by atoms with Crippen molar-refractivity contribution in [2.24, 2.45) is 0 Å². The Kier molecular flexibility index (Phi) is 14.4. The van der Waals surface area contributed by atoms with Crippen molar-refractivity contribution >= 4 is 0 Å². The van der Waals surface area contributed by atoms with Crippen LogP contribution in [0.15, 0.2) is 0 Å². The zero-order valence-corrected chi connectivity index (χ0v) is 20.7. The summed E-state index contributed by atoms with van der Waals surface area (Å²) >= 11 is 0. The molecular weight excluding hydrogens is 464 g/mol. The summed E-state index contributed by atoms with van der Waals surface area (Å²) in [6.45, 7) is 1.31. The highest BCUT2D eigenvalue weighted by atomic mass is 16.7. The van der Waals surface area contributed by atoms with Crippen LogP contribution in [0.5, 0.6) is 0 Å². The van der Waals surface area contributed by atoms with Gasteiger partial charge in [0, 0.05) is 6.61 Å². The number of aliphatic hydroxyl groups is 7. The van der Waals surface area contributed by atoms with Crippen molar-refractivity contribution in [3.63, 3.8) is 0 Å². The molecule has 2 heterocycles. The van der Waals surface area contributed by atoms with Crippen LogP contribution in [0.1, 0.15) is 71.1 Å². The average molecular weight is 511 g/mol. The molecule has 0 aliphatic carbocycles. The minimum absolute atomic E-state index is 0.321. The fourth-order valence-corrected chi connectivity index (χ4v) is 4.48. The van der Waals surface area contributed by atoms with Crippen LogP contribution in [0.4, 0.5) is 0 Å². The molecule has 0 aromatic heterocycles. The van der Waals surface area contributed by atoms with Crippen molar-refractivity contribution in [2.45, 2.75) is 133 Å². The molecule has 208 valence electrons. The largest absolute Gasteiger partial charge is 0.394 e. The van der Waals surface area contributed by atoms with Gasteiger partial charge in [-0.3, -0.25) is 0 Å². The second-order valence-corrected chi connectivity index (χ2v) is 9.56. The van der Waals surface area contributed by atoms with Crippen molar-refractivity contribution in [1.29, 1.82) is 0 Å². The van der Waals surface area contributed by atoms with Crippen LogP contribution in [0.25, 0.3) is 0 Å². The molecule has 2 fully saturated rings. The molecule has 2 aliphatic heterocycles. The van der Waals surface area contributed by atoms with Crippen LogP contribution < -0.4 is 0 Å². The van der Waals surface area contributed by atoms with Crippen molar-refractivity contribution in [3.8, 4) is 0 Å². The fourth-order valence-electron chi connectivity index (χ4n) is 4.48. The standard InChI is InChI=1S/C24H46O11/c1-2-3-4-5-6-7-8-9-10-11-12-32-23-21(31)19(29)22(16(14-26)34-23)35-24-20(30)18(28)17(27)15(13-25)33-24/h15-31H,2-14H2,1H3/t15-,16-,17-,18-,19+,20-,21-,22-,23-,24-/m1/s1. The molecule has 0 bridgehead atoms. The van der Waals surface area contributed by atoms with E-state index in [0.717, 1.165) is 19.3 Å².